The van der Waals surface area contributed by atoms with Crippen molar-refractivity contribution in [1.82, 2.24) is 13.7 Å². The Labute approximate surface area is 172 Å². The lowest BCUT2D eigenvalue weighted by molar-refractivity contribution is -0.114. The van der Waals surface area contributed by atoms with Crippen LogP contribution in [-0.2, 0) is 18.9 Å². The topological polar surface area (TPSA) is 78.0 Å². The van der Waals surface area contributed by atoms with E-state index < -0.39 is 0 Å². The van der Waals surface area contributed by atoms with Crippen molar-refractivity contribution in [3.8, 4) is 16.9 Å². The first kappa shape index (κ1) is 19.4. The summed E-state index contributed by atoms with van der Waals surface area (Å²) in [7, 11) is 3.14. The molecule has 2 aromatic heterocycles. The van der Waals surface area contributed by atoms with Gasteiger partial charge in [0.05, 0.1) is 16.6 Å². The number of nitrogens with zero attached hydrogens (tertiary/aromatic N) is 3. The van der Waals surface area contributed by atoms with Crippen LogP contribution in [0.2, 0.25) is 0 Å². The van der Waals surface area contributed by atoms with Gasteiger partial charge >= 0.3 is 5.69 Å². The summed E-state index contributed by atoms with van der Waals surface area (Å²) in [6.45, 7) is 3.44. The Bertz CT molecular complexity index is 1420. The van der Waals surface area contributed by atoms with Crippen molar-refractivity contribution in [3.63, 3.8) is 0 Å². The van der Waals surface area contributed by atoms with Crippen molar-refractivity contribution in [2.75, 3.05) is 5.32 Å². The summed E-state index contributed by atoms with van der Waals surface area (Å²) in [4.78, 5) is 37.2. The van der Waals surface area contributed by atoms with Crippen LogP contribution in [0.4, 0.5) is 5.69 Å². The lowest BCUT2D eigenvalue weighted by Gasteiger charge is -2.13. The number of benzene rings is 2. The molecule has 152 valence electrons. The molecule has 0 aliphatic rings. The average molecular weight is 402 g/mol. The molecule has 30 heavy (non-hydrogen) atoms. The molecule has 4 aromatic rings. The van der Waals surface area contributed by atoms with E-state index in [4.69, 9.17) is 0 Å². The molecule has 7 nitrogen and oxygen atoms in total. The van der Waals surface area contributed by atoms with E-state index in [0.717, 1.165) is 21.4 Å². The largest absolute Gasteiger partial charge is 0.330 e. The van der Waals surface area contributed by atoms with Gasteiger partial charge in [-0.15, -0.1) is 0 Å². The summed E-state index contributed by atoms with van der Waals surface area (Å²) in [5.41, 5.74) is 3.85. The number of rotatable bonds is 3. The molecule has 0 saturated carbocycles. The summed E-state index contributed by atoms with van der Waals surface area (Å²) in [5, 5.41) is 3.26. The summed E-state index contributed by atoms with van der Waals surface area (Å²) in [6, 6.07) is 15.2. The number of nitrogens with one attached hydrogen (secondary N) is 1. The first-order valence-electron chi connectivity index (χ1n) is 9.54. The van der Waals surface area contributed by atoms with Gasteiger partial charge in [-0.3, -0.25) is 18.7 Å². The minimum atomic E-state index is -0.381. The maximum atomic E-state index is 13.1. The molecule has 0 aliphatic carbocycles. The van der Waals surface area contributed by atoms with Gasteiger partial charge in [0, 0.05) is 44.2 Å². The predicted octanol–water partition coefficient (Wildman–Crippen LogP) is 2.96. The third-order valence-electron chi connectivity index (χ3n) is 5.28. The van der Waals surface area contributed by atoms with Crippen molar-refractivity contribution < 1.29 is 4.79 Å². The number of anilines is 1. The van der Waals surface area contributed by atoms with E-state index in [1.54, 1.807) is 19.3 Å². The Kier molecular flexibility index (Phi) is 4.66. The van der Waals surface area contributed by atoms with E-state index in [1.807, 2.05) is 54.0 Å². The van der Waals surface area contributed by atoms with E-state index in [2.05, 4.69) is 5.32 Å². The highest BCUT2D eigenvalue weighted by Gasteiger charge is 2.21. The molecule has 7 heteroatoms. The number of hydrogen-bond acceptors (Lipinski definition) is 3. The maximum Gasteiger partial charge on any atom is 0.330 e. The first-order valence-corrected chi connectivity index (χ1v) is 9.54. The highest BCUT2D eigenvalue weighted by Crippen LogP contribution is 2.33. The van der Waals surface area contributed by atoms with Crippen LogP contribution in [0, 0.1) is 6.92 Å². The molecule has 0 saturated heterocycles. The van der Waals surface area contributed by atoms with Crippen LogP contribution in [0.15, 0.2) is 64.3 Å². The number of carbonyl (C=O) groups is 1. The summed E-state index contributed by atoms with van der Waals surface area (Å²) in [5.74, 6) is -0.166. The normalized spacial score (nSPS) is 11.1. The van der Waals surface area contributed by atoms with Gasteiger partial charge in [0.15, 0.2) is 0 Å². The maximum absolute atomic E-state index is 13.1. The molecule has 0 unspecified atom stereocenters. The Morgan fingerprint density at radius 3 is 2.40 bits per heavy atom. The zero-order valence-corrected chi connectivity index (χ0v) is 17.3. The summed E-state index contributed by atoms with van der Waals surface area (Å²) < 4.78 is 4.51. The van der Waals surface area contributed by atoms with Crippen molar-refractivity contribution in [1.29, 1.82) is 0 Å². The number of hydrogen-bond donors (Lipinski definition) is 1. The smallest absolute Gasteiger partial charge is 0.326 e. The number of amides is 1. The van der Waals surface area contributed by atoms with Crippen LogP contribution >= 0.6 is 0 Å². The molecule has 2 heterocycles. The monoisotopic (exact) mass is 402 g/mol. The SMILES string of the molecule is CC(=O)Nc1cccc(-n2cc3c(c2-c2ccccc2C)c(=O)n(C)c(=O)n3C)c1. The third-order valence-corrected chi connectivity index (χ3v) is 5.28. The quantitative estimate of drug-likeness (QED) is 0.572. The van der Waals surface area contributed by atoms with Crippen LogP contribution in [0.5, 0.6) is 0 Å². The molecule has 0 radical (unpaired) electrons. The van der Waals surface area contributed by atoms with Crippen molar-refractivity contribution in [2.24, 2.45) is 14.1 Å². The number of aryl methyl sites for hydroxylation is 2. The first-order chi connectivity index (χ1) is 14.3. The number of fused-ring (bicyclic) bond motifs is 1. The minimum absolute atomic E-state index is 0.166. The molecule has 0 fully saturated rings. The van der Waals surface area contributed by atoms with Gasteiger partial charge in [-0.2, -0.15) is 0 Å². The fraction of sp³-hybridized carbons (Fsp3) is 0.174. The summed E-state index contributed by atoms with van der Waals surface area (Å²) >= 11 is 0. The van der Waals surface area contributed by atoms with Crippen molar-refractivity contribution >= 4 is 22.5 Å². The van der Waals surface area contributed by atoms with E-state index in [1.165, 1.54) is 18.5 Å². The lowest BCUT2D eigenvalue weighted by atomic mass is 10.0. The highest BCUT2D eigenvalue weighted by atomic mass is 16.2. The third kappa shape index (κ3) is 3.04. The second-order valence-electron chi connectivity index (χ2n) is 7.36. The van der Waals surface area contributed by atoms with Gasteiger partial charge in [0.25, 0.3) is 5.56 Å². The van der Waals surface area contributed by atoms with Crippen LogP contribution in [0.3, 0.4) is 0 Å². The molecule has 1 amide bonds. The molecular weight excluding hydrogens is 380 g/mol. The van der Waals surface area contributed by atoms with Gasteiger partial charge in [-0.05, 0) is 30.7 Å². The molecule has 0 bridgehead atoms. The summed E-state index contributed by atoms with van der Waals surface area (Å²) in [6.07, 6.45) is 1.80. The van der Waals surface area contributed by atoms with E-state index in [-0.39, 0.29) is 17.2 Å². The van der Waals surface area contributed by atoms with Gasteiger partial charge in [-0.1, -0.05) is 30.3 Å². The van der Waals surface area contributed by atoms with Gasteiger partial charge in [0.1, 0.15) is 0 Å². The molecule has 0 atom stereocenters. The van der Waals surface area contributed by atoms with Crippen LogP contribution in [0.1, 0.15) is 12.5 Å². The zero-order chi connectivity index (χ0) is 21.6. The average Bonchev–Trinajstić information content (AvgIpc) is 3.11. The Hall–Kier alpha value is -3.87. The molecule has 0 spiro atoms. The molecular formula is C23H22N4O3. The Morgan fingerprint density at radius 2 is 1.70 bits per heavy atom. The van der Waals surface area contributed by atoms with E-state index in [0.29, 0.717) is 22.3 Å². The fourth-order valence-corrected chi connectivity index (χ4v) is 3.78. The second-order valence-corrected chi connectivity index (χ2v) is 7.36. The van der Waals surface area contributed by atoms with Crippen LogP contribution < -0.4 is 16.6 Å². The van der Waals surface area contributed by atoms with Crippen molar-refractivity contribution in [3.05, 3.63) is 81.1 Å². The molecule has 0 aliphatic heterocycles. The van der Waals surface area contributed by atoms with Gasteiger partial charge < -0.3 is 9.88 Å². The minimum Gasteiger partial charge on any atom is -0.326 e. The second kappa shape index (κ2) is 7.18. The number of aromatic nitrogens is 3. The van der Waals surface area contributed by atoms with E-state index in [9.17, 15) is 14.4 Å². The Morgan fingerprint density at radius 1 is 0.967 bits per heavy atom. The molecule has 1 N–H and O–H groups in total. The van der Waals surface area contributed by atoms with Crippen LogP contribution in [-0.4, -0.2) is 19.6 Å². The standard InChI is InChI=1S/C23H22N4O3/c1-14-8-5-6-11-18(14)21-20-19(25(3)23(30)26(4)22(20)29)13-27(21)17-10-7-9-16(12-17)24-15(2)28/h5-13H,1-4H3,(H,24,28). The fourth-order valence-electron chi connectivity index (χ4n) is 3.78. The molecule has 4 rings (SSSR count). The Balaban J connectivity index is 2.15. The van der Waals surface area contributed by atoms with E-state index >= 15 is 0 Å². The van der Waals surface area contributed by atoms with Crippen molar-refractivity contribution in [2.45, 2.75) is 13.8 Å². The predicted molar refractivity (Wildman–Crippen MR) is 118 cm³/mol. The van der Waals surface area contributed by atoms with Crippen LogP contribution in [0.25, 0.3) is 27.8 Å². The molecule has 2 aromatic carbocycles. The van der Waals surface area contributed by atoms with Gasteiger partial charge in [0.2, 0.25) is 5.91 Å². The number of carbonyl (C=O) groups excluding carboxylic acids is 1. The zero-order valence-electron chi connectivity index (χ0n) is 17.3. The lowest BCUT2D eigenvalue weighted by Crippen LogP contribution is -2.36. The highest BCUT2D eigenvalue weighted by molar-refractivity contribution is 5.96. The van der Waals surface area contributed by atoms with Gasteiger partial charge in [-0.25, -0.2) is 4.79 Å².